The molecule has 0 saturated heterocycles. The van der Waals surface area contributed by atoms with E-state index in [2.05, 4.69) is 15.6 Å². The molecule has 3 aromatic carbocycles. The van der Waals surface area contributed by atoms with Crippen molar-refractivity contribution in [1.82, 2.24) is 15.6 Å². The molecule has 0 radical (unpaired) electrons. The van der Waals surface area contributed by atoms with Crippen LogP contribution in [-0.2, 0) is 10.3 Å². The molecule has 6 rings (SSSR count). The van der Waals surface area contributed by atoms with Crippen molar-refractivity contribution in [1.29, 1.82) is 0 Å². The molecule has 2 aliphatic rings. The number of rotatable bonds is 7. The molecule has 0 bridgehead atoms. The van der Waals surface area contributed by atoms with E-state index in [0.717, 1.165) is 35.1 Å². The number of nitrogens with zero attached hydrogens (tertiary/aromatic N) is 1. The molecule has 1 fully saturated rings. The highest BCUT2D eigenvalue weighted by Gasteiger charge is 2.48. The predicted molar refractivity (Wildman–Crippen MR) is 149 cm³/mol. The summed E-state index contributed by atoms with van der Waals surface area (Å²) < 4.78 is 30.8. The predicted octanol–water partition coefficient (Wildman–Crippen LogP) is 5.49. The van der Waals surface area contributed by atoms with E-state index in [1.165, 1.54) is 19.2 Å². The molecule has 2 heterocycles. The fourth-order valence-corrected chi connectivity index (χ4v) is 5.56. The van der Waals surface area contributed by atoms with Crippen LogP contribution in [0.15, 0.2) is 65.3 Å². The summed E-state index contributed by atoms with van der Waals surface area (Å²) in [6.45, 7) is 3.72. The first kappa shape index (κ1) is 26.6. The molecule has 2 unspecified atom stereocenters. The van der Waals surface area contributed by atoms with Crippen molar-refractivity contribution in [2.75, 3.05) is 14.2 Å². The van der Waals surface area contributed by atoms with E-state index in [1.54, 1.807) is 32.4 Å². The zero-order valence-corrected chi connectivity index (χ0v) is 23.2. The molecular weight excluding hydrogens is 525 g/mol. The number of aromatic nitrogens is 1. The summed E-state index contributed by atoms with van der Waals surface area (Å²) >= 11 is 0. The number of hydrogen-bond donors (Lipinski definition) is 2. The highest BCUT2D eigenvalue weighted by atomic mass is 19.1. The van der Waals surface area contributed by atoms with Crippen molar-refractivity contribution in [2.24, 2.45) is 0 Å². The Bertz CT molecular complexity index is 1660. The highest BCUT2D eigenvalue weighted by molar-refractivity contribution is 5.99. The maximum Gasteiger partial charge on any atom is 0.255 e. The van der Waals surface area contributed by atoms with Gasteiger partial charge in [0.1, 0.15) is 41.3 Å². The SMILES string of the molecule is CNC(=O)C1c2cc(-c3cc(C(=O)NC4(c5coc(C)n5)CC4)c(OC)cc3C)ccc2OC1c1ccc(F)cc1. The number of benzene rings is 3. The minimum Gasteiger partial charge on any atom is -0.496 e. The molecule has 1 aliphatic heterocycles. The average Bonchev–Trinajstić information content (AvgIpc) is 3.44. The van der Waals surface area contributed by atoms with Gasteiger partial charge in [0.05, 0.1) is 18.2 Å². The van der Waals surface area contributed by atoms with Crippen LogP contribution in [-0.4, -0.2) is 31.0 Å². The third-order valence-corrected chi connectivity index (χ3v) is 7.94. The highest BCUT2D eigenvalue weighted by Crippen LogP contribution is 2.48. The first-order chi connectivity index (χ1) is 19.7. The molecule has 2 atom stereocenters. The van der Waals surface area contributed by atoms with Gasteiger partial charge in [-0.25, -0.2) is 9.37 Å². The van der Waals surface area contributed by atoms with Gasteiger partial charge >= 0.3 is 0 Å². The van der Waals surface area contributed by atoms with Gasteiger partial charge in [-0.2, -0.15) is 0 Å². The Balaban J connectivity index is 1.36. The quantitative estimate of drug-likeness (QED) is 0.313. The van der Waals surface area contributed by atoms with Crippen molar-refractivity contribution in [3.05, 3.63) is 101 Å². The molecule has 1 aliphatic carbocycles. The van der Waals surface area contributed by atoms with Crippen LogP contribution in [0.5, 0.6) is 11.5 Å². The number of halogens is 1. The normalized spacial score (nSPS) is 18.3. The largest absolute Gasteiger partial charge is 0.496 e. The number of amides is 2. The average molecular weight is 556 g/mol. The van der Waals surface area contributed by atoms with Gasteiger partial charge in [-0.1, -0.05) is 18.2 Å². The molecule has 2 N–H and O–H groups in total. The molecule has 1 saturated carbocycles. The van der Waals surface area contributed by atoms with Crippen molar-refractivity contribution in [3.8, 4) is 22.6 Å². The van der Waals surface area contributed by atoms with Gasteiger partial charge in [0.2, 0.25) is 5.91 Å². The maximum atomic E-state index is 13.6. The van der Waals surface area contributed by atoms with E-state index in [0.29, 0.717) is 34.2 Å². The molecule has 2 amide bonds. The van der Waals surface area contributed by atoms with Gasteiger partial charge in [0.15, 0.2) is 5.89 Å². The van der Waals surface area contributed by atoms with Gasteiger partial charge in [0.25, 0.3) is 5.91 Å². The number of nitrogens with one attached hydrogen (secondary N) is 2. The topological polar surface area (TPSA) is 103 Å². The third kappa shape index (κ3) is 4.71. The lowest BCUT2D eigenvalue weighted by Gasteiger charge is -2.19. The maximum absolute atomic E-state index is 13.6. The van der Waals surface area contributed by atoms with Gasteiger partial charge in [-0.3, -0.25) is 9.59 Å². The number of carbonyl (C=O) groups excluding carboxylic acids is 2. The van der Waals surface area contributed by atoms with E-state index in [-0.39, 0.29) is 17.6 Å². The Hall–Kier alpha value is -4.66. The summed E-state index contributed by atoms with van der Waals surface area (Å²) in [5, 5.41) is 5.88. The van der Waals surface area contributed by atoms with Crippen LogP contribution in [0.2, 0.25) is 0 Å². The summed E-state index contributed by atoms with van der Waals surface area (Å²) in [6, 6.07) is 15.3. The standard InChI is InChI=1S/C32H30FN3O5/c1-17-13-26(39-4)24(30(37)36-32(11-12-32)27-16-40-18(2)35-27)15-22(17)20-7-10-25-23(14-20)28(31(38)34-3)29(41-25)19-5-8-21(33)9-6-19/h5-10,13-16,28-29H,11-12H2,1-4H3,(H,34,38)(H,36,37). The van der Waals surface area contributed by atoms with E-state index in [9.17, 15) is 14.0 Å². The van der Waals surface area contributed by atoms with Crippen molar-refractivity contribution < 1.29 is 27.9 Å². The van der Waals surface area contributed by atoms with E-state index >= 15 is 0 Å². The second-order valence-corrected chi connectivity index (χ2v) is 10.6. The van der Waals surface area contributed by atoms with E-state index in [4.69, 9.17) is 13.9 Å². The Labute approximate surface area is 236 Å². The summed E-state index contributed by atoms with van der Waals surface area (Å²) in [7, 11) is 3.12. The Morgan fingerprint density at radius 3 is 2.46 bits per heavy atom. The van der Waals surface area contributed by atoms with Crippen LogP contribution in [0.25, 0.3) is 11.1 Å². The molecule has 41 heavy (non-hydrogen) atoms. The number of fused-ring (bicyclic) bond motifs is 1. The van der Waals surface area contributed by atoms with Crippen LogP contribution in [0.4, 0.5) is 4.39 Å². The number of carbonyl (C=O) groups is 2. The van der Waals surface area contributed by atoms with E-state index < -0.39 is 17.6 Å². The number of oxazole rings is 1. The monoisotopic (exact) mass is 555 g/mol. The van der Waals surface area contributed by atoms with Crippen molar-refractivity contribution >= 4 is 11.8 Å². The smallest absolute Gasteiger partial charge is 0.255 e. The zero-order chi connectivity index (χ0) is 28.9. The Morgan fingerprint density at radius 2 is 1.83 bits per heavy atom. The van der Waals surface area contributed by atoms with Gasteiger partial charge < -0.3 is 24.5 Å². The van der Waals surface area contributed by atoms with Crippen LogP contribution in [0, 0.1) is 19.7 Å². The van der Waals surface area contributed by atoms with Crippen LogP contribution >= 0.6 is 0 Å². The second-order valence-electron chi connectivity index (χ2n) is 10.6. The minimum absolute atomic E-state index is 0.209. The van der Waals surface area contributed by atoms with Gasteiger partial charge in [-0.05, 0) is 78.4 Å². The lowest BCUT2D eigenvalue weighted by atomic mass is 9.88. The zero-order valence-electron chi connectivity index (χ0n) is 23.2. The molecule has 9 heteroatoms. The second kappa shape index (κ2) is 10.1. The fraction of sp³-hybridized carbons (Fsp3) is 0.281. The molecule has 8 nitrogen and oxygen atoms in total. The molecule has 4 aromatic rings. The van der Waals surface area contributed by atoms with Crippen LogP contribution in [0.3, 0.4) is 0 Å². The fourth-order valence-electron chi connectivity index (χ4n) is 5.56. The van der Waals surface area contributed by atoms with E-state index in [1.807, 2.05) is 37.3 Å². The summed E-state index contributed by atoms with van der Waals surface area (Å²) in [5.41, 5.74) is 4.52. The first-order valence-electron chi connectivity index (χ1n) is 13.4. The van der Waals surface area contributed by atoms with Crippen LogP contribution in [0.1, 0.15) is 63.5 Å². The molecule has 1 aromatic heterocycles. The number of hydrogen-bond acceptors (Lipinski definition) is 6. The molecule has 0 spiro atoms. The summed E-state index contributed by atoms with van der Waals surface area (Å²) in [4.78, 5) is 31.1. The van der Waals surface area contributed by atoms with Gasteiger partial charge in [-0.15, -0.1) is 0 Å². The number of aryl methyl sites for hydroxylation is 2. The first-order valence-corrected chi connectivity index (χ1v) is 13.4. The Kier molecular flexibility index (Phi) is 6.52. The van der Waals surface area contributed by atoms with Crippen molar-refractivity contribution in [3.63, 3.8) is 0 Å². The summed E-state index contributed by atoms with van der Waals surface area (Å²) in [5.74, 6) is 0.112. The lowest BCUT2D eigenvalue weighted by Crippen LogP contribution is -2.35. The van der Waals surface area contributed by atoms with Gasteiger partial charge in [0, 0.05) is 19.5 Å². The Morgan fingerprint density at radius 1 is 1.07 bits per heavy atom. The van der Waals surface area contributed by atoms with Crippen molar-refractivity contribution in [2.45, 2.75) is 44.2 Å². The number of methoxy groups -OCH3 is 1. The molecular formula is C32H30FN3O5. The van der Waals surface area contributed by atoms with Crippen LogP contribution < -0.4 is 20.1 Å². The summed E-state index contributed by atoms with van der Waals surface area (Å²) in [6.07, 6.45) is 2.53. The molecule has 210 valence electrons. The third-order valence-electron chi connectivity index (χ3n) is 7.94. The minimum atomic E-state index is -0.637. The number of ether oxygens (including phenoxy) is 2. The lowest BCUT2D eigenvalue weighted by molar-refractivity contribution is -0.123. The number of likely N-dealkylation sites (N-methyl/N-ethyl adjacent to an activating group) is 1.